The number of aromatic hydroxyl groups is 1. The molecule has 1 aliphatic heterocycles. The van der Waals surface area contributed by atoms with E-state index in [0.29, 0.717) is 13.2 Å². The van der Waals surface area contributed by atoms with E-state index in [9.17, 15) is 23.1 Å². The molecule has 0 radical (unpaired) electrons. The van der Waals surface area contributed by atoms with Gasteiger partial charge >= 0.3 is 6.18 Å². The number of alkyl halides is 3. The van der Waals surface area contributed by atoms with E-state index < -0.39 is 22.9 Å². The molecule has 0 amide bonds. The summed E-state index contributed by atoms with van der Waals surface area (Å²) in [4.78, 5) is 14.9. The molecule has 152 valence electrons. The molecule has 2 aromatic carbocycles. The van der Waals surface area contributed by atoms with Gasteiger partial charge in [0.15, 0.2) is 0 Å². The van der Waals surface area contributed by atoms with Crippen molar-refractivity contribution in [2.75, 3.05) is 19.9 Å². The summed E-state index contributed by atoms with van der Waals surface area (Å²) in [6.45, 7) is 1.66. The number of phenols is 1. The Bertz CT molecular complexity index is 1090. The van der Waals surface area contributed by atoms with Gasteiger partial charge < -0.3 is 14.3 Å². The van der Waals surface area contributed by atoms with Crippen LogP contribution in [0.2, 0.25) is 0 Å². The van der Waals surface area contributed by atoms with Gasteiger partial charge in [0, 0.05) is 19.7 Å². The smallest absolute Gasteiger partial charge is 0.450 e. The Hall–Kier alpha value is -2.84. The van der Waals surface area contributed by atoms with Crippen LogP contribution in [0.3, 0.4) is 0 Å². The van der Waals surface area contributed by atoms with Crippen LogP contribution in [-0.2, 0) is 17.5 Å². The molecule has 5 nitrogen and oxygen atoms in total. The second kappa shape index (κ2) is 7.53. The number of phenolic OH excluding ortho intramolecular Hbond substituents is 1. The Morgan fingerprint density at radius 1 is 1.10 bits per heavy atom. The molecule has 1 N–H and O–H groups in total. The van der Waals surface area contributed by atoms with Gasteiger partial charge in [-0.1, -0.05) is 30.3 Å². The van der Waals surface area contributed by atoms with Crippen LogP contribution in [0.4, 0.5) is 13.2 Å². The number of halogens is 3. The Labute approximate surface area is 163 Å². The minimum atomic E-state index is -4.88. The fraction of sp³-hybridized carbons (Fsp3) is 0.286. The number of hydrogen-bond acceptors (Lipinski definition) is 5. The molecule has 1 saturated heterocycles. The summed E-state index contributed by atoms with van der Waals surface area (Å²) >= 11 is 0. The van der Waals surface area contributed by atoms with Crippen molar-refractivity contribution in [2.45, 2.75) is 19.1 Å². The van der Waals surface area contributed by atoms with Gasteiger partial charge in [0.05, 0.1) is 23.2 Å². The van der Waals surface area contributed by atoms with Crippen LogP contribution < -0.4 is 5.43 Å². The quantitative estimate of drug-likeness (QED) is 0.701. The zero-order chi connectivity index (χ0) is 20.6. The Kier molecular flexibility index (Phi) is 5.06. The van der Waals surface area contributed by atoms with Crippen LogP contribution in [0.5, 0.6) is 5.75 Å². The lowest BCUT2D eigenvalue weighted by atomic mass is 10.00. The maximum atomic E-state index is 13.8. The highest BCUT2D eigenvalue weighted by Crippen LogP contribution is 2.39. The lowest BCUT2D eigenvalue weighted by Gasteiger charge is -2.27. The first-order valence-electron chi connectivity index (χ1n) is 9.10. The zero-order valence-electron chi connectivity index (χ0n) is 15.3. The molecule has 0 unspecified atom stereocenters. The van der Waals surface area contributed by atoms with E-state index >= 15 is 0 Å². The molecule has 8 heteroatoms. The van der Waals surface area contributed by atoms with Gasteiger partial charge in [-0.3, -0.25) is 9.69 Å². The monoisotopic (exact) mass is 405 g/mol. The van der Waals surface area contributed by atoms with Gasteiger partial charge in [0.1, 0.15) is 11.3 Å². The van der Waals surface area contributed by atoms with Crippen LogP contribution in [0, 0.1) is 0 Å². The highest BCUT2D eigenvalue weighted by molar-refractivity contribution is 5.86. The summed E-state index contributed by atoms with van der Waals surface area (Å²) in [5.74, 6) is -1.60. The van der Waals surface area contributed by atoms with Gasteiger partial charge in [0.25, 0.3) is 0 Å². The topological polar surface area (TPSA) is 62.9 Å². The van der Waals surface area contributed by atoms with Gasteiger partial charge in [-0.25, -0.2) is 0 Å². The van der Waals surface area contributed by atoms with E-state index in [2.05, 4.69) is 0 Å². The molecule has 0 spiro atoms. The summed E-state index contributed by atoms with van der Waals surface area (Å²) in [5.41, 5.74) is -1.33. The second-order valence-electron chi connectivity index (χ2n) is 6.88. The number of hydrogen-bond donors (Lipinski definition) is 1. The molecule has 1 fully saturated rings. The average molecular weight is 405 g/mol. The van der Waals surface area contributed by atoms with E-state index in [1.165, 1.54) is 24.3 Å². The number of nitrogens with zero attached hydrogens (tertiary/aromatic N) is 1. The number of benzene rings is 2. The SMILES string of the molecule is O=c1c(-c2ccccc2)c(C(F)(F)F)oc2c(CN3CCCOC3)c(O)ccc12. The van der Waals surface area contributed by atoms with E-state index in [0.717, 1.165) is 6.42 Å². The summed E-state index contributed by atoms with van der Waals surface area (Å²) in [6, 6.07) is 10.2. The van der Waals surface area contributed by atoms with Crippen molar-refractivity contribution in [2.24, 2.45) is 0 Å². The van der Waals surface area contributed by atoms with Gasteiger partial charge in [-0.2, -0.15) is 13.2 Å². The van der Waals surface area contributed by atoms with Crippen molar-refractivity contribution in [1.82, 2.24) is 4.90 Å². The lowest BCUT2D eigenvalue weighted by Crippen LogP contribution is -2.32. The fourth-order valence-corrected chi connectivity index (χ4v) is 3.52. The normalized spacial score (nSPS) is 15.7. The first-order valence-corrected chi connectivity index (χ1v) is 9.10. The maximum absolute atomic E-state index is 13.8. The van der Waals surface area contributed by atoms with Gasteiger partial charge in [-0.05, 0) is 24.1 Å². The molecular weight excluding hydrogens is 387 g/mol. The zero-order valence-corrected chi connectivity index (χ0v) is 15.3. The Morgan fingerprint density at radius 2 is 1.86 bits per heavy atom. The first-order chi connectivity index (χ1) is 13.9. The molecule has 0 aliphatic carbocycles. The third-order valence-corrected chi connectivity index (χ3v) is 4.88. The van der Waals surface area contributed by atoms with Crippen LogP contribution in [0.25, 0.3) is 22.1 Å². The van der Waals surface area contributed by atoms with Crippen LogP contribution >= 0.6 is 0 Å². The Balaban J connectivity index is 1.97. The largest absolute Gasteiger partial charge is 0.507 e. The summed E-state index contributed by atoms with van der Waals surface area (Å²) < 4.78 is 52.1. The van der Waals surface area contributed by atoms with E-state index in [1.807, 2.05) is 4.90 Å². The van der Waals surface area contributed by atoms with Crippen molar-refractivity contribution in [3.8, 4) is 16.9 Å². The molecule has 0 saturated carbocycles. The molecule has 0 atom stereocenters. The molecule has 1 aliphatic rings. The molecule has 1 aromatic heterocycles. The summed E-state index contributed by atoms with van der Waals surface area (Å²) in [5, 5.41) is 10.3. The summed E-state index contributed by atoms with van der Waals surface area (Å²) in [6.07, 6.45) is -4.11. The molecule has 2 heterocycles. The highest BCUT2D eigenvalue weighted by atomic mass is 19.4. The third-order valence-electron chi connectivity index (χ3n) is 4.88. The second-order valence-corrected chi connectivity index (χ2v) is 6.88. The van der Waals surface area contributed by atoms with Crippen molar-refractivity contribution >= 4 is 11.0 Å². The predicted octanol–water partition coefficient (Wildman–Crippen LogP) is 4.36. The molecular formula is C21H18F3NO4. The van der Waals surface area contributed by atoms with Gasteiger partial charge in [-0.15, -0.1) is 0 Å². The Morgan fingerprint density at radius 3 is 2.52 bits per heavy atom. The lowest BCUT2D eigenvalue weighted by molar-refractivity contribution is -0.152. The number of fused-ring (bicyclic) bond motifs is 1. The first kappa shape index (κ1) is 19.5. The van der Waals surface area contributed by atoms with E-state index in [4.69, 9.17) is 9.15 Å². The van der Waals surface area contributed by atoms with Gasteiger partial charge in [0.2, 0.25) is 11.2 Å². The average Bonchev–Trinajstić information content (AvgIpc) is 2.70. The van der Waals surface area contributed by atoms with Crippen molar-refractivity contribution in [3.05, 3.63) is 64.0 Å². The number of rotatable bonds is 3. The molecule has 4 rings (SSSR count). The van der Waals surface area contributed by atoms with Crippen molar-refractivity contribution in [1.29, 1.82) is 0 Å². The minimum absolute atomic E-state index is 0.0115. The molecule has 0 bridgehead atoms. The third kappa shape index (κ3) is 3.73. The van der Waals surface area contributed by atoms with E-state index in [1.54, 1.807) is 18.2 Å². The van der Waals surface area contributed by atoms with E-state index in [-0.39, 0.29) is 41.1 Å². The standard InChI is InChI=1S/C21H18F3NO4/c22-21(23,24)20-17(13-5-2-1-3-6-13)18(27)14-7-8-16(26)15(19(14)29-20)11-25-9-4-10-28-12-25/h1-3,5-8,26H,4,9-12H2. The van der Waals surface area contributed by atoms with Crippen LogP contribution in [-0.4, -0.2) is 29.9 Å². The summed E-state index contributed by atoms with van der Waals surface area (Å²) in [7, 11) is 0. The minimum Gasteiger partial charge on any atom is -0.507 e. The van der Waals surface area contributed by atoms with Crippen molar-refractivity contribution in [3.63, 3.8) is 0 Å². The fourth-order valence-electron chi connectivity index (χ4n) is 3.52. The highest BCUT2D eigenvalue weighted by Gasteiger charge is 2.39. The molecule has 3 aromatic rings. The number of ether oxygens (including phenoxy) is 1. The van der Waals surface area contributed by atoms with Crippen LogP contribution in [0.1, 0.15) is 17.7 Å². The molecule has 29 heavy (non-hydrogen) atoms. The predicted molar refractivity (Wildman–Crippen MR) is 100 cm³/mol. The van der Waals surface area contributed by atoms with Crippen molar-refractivity contribution < 1.29 is 27.4 Å². The maximum Gasteiger partial charge on any atom is 0.450 e. The van der Waals surface area contributed by atoms with Crippen LogP contribution in [0.15, 0.2) is 51.7 Å².